The number of aromatic nitrogens is 4. The summed E-state index contributed by atoms with van der Waals surface area (Å²) in [6, 6.07) is 96.5. The van der Waals surface area contributed by atoms with Crippen molar-refractivity contribution in [2.75, 3.05) is 0 Å². The first-order valence-corrected chi connectivity index (χ1v) is 29.5. The summed E-state index contributed by atoms with van der Waals surface area (Å²) >= 11 is 0. The summed E-state index contributed by atoms with van der Waals surface area (Å²) in [4.78, 5) is 4.75. The Labute approximate surface area is 501 Å². The highest BCUT2D eigenvalue weighted by atomic mass is 16.3. The average molecular weight is 1120 g/mol. The normalized spacial score (nSPS) is 12.1. The molecule has 8 heteroatoms. The van der Waals surface area contributed by atoms with Crippen LogP contribution in [0.4, 0.5) is 5.69 Å². The van der Waals surface area contributed by atoms with E-state index in [0.29, 0.717) is 33.9 Å². The predicted octanol–water partition coefficient (Wildman–Crippen LogP) is 21.6. The third-order valence-electron chi connectivity index (χ3n) is 18.4. The zero-order valence-electron chi connectivity index (χ0n) is 46.9. The van der Waals surface area contributed by atoms with E-state index in [9.17, 15) is 11.8 Å². The molecule has 19 aromatic rings. The van der Waals surface area contributed by atoms with Crippen LogP contribution in [0.25, 0.3) is 181 Å². The third-order valence-corrected chi connectivity index (χ3v) is 18.4. The maximum Gasteiger partial charge on any atom is 0.232 e. The Morgan fingerprint density at radius 1 is 0.295 bits per heavy atom. The van der Waals surface area contributed by atoms with Gasteiger partial charge in [0.1, 0.15) is 11.2 Å². The molecular weight excluding hydrogens is 1080 g/mol. The molecule has 0 fully saturated rings. The SMILES string of the molecule is [C-]#[N+]c1c(C#N)c(-n2c3ccccc3c3ccc4c5ccccc5oc4c32)c(-n2c3ccccc3c3cc(-c4ccccc4)ccc32)c(-n2c3ccccc3c3cc(-c4ccccc4)ccc32)c1-n1c2ccccc2c2ccc3c4ccccc4oc3c21. The Kier molecular flexibility index (Phi) is 9.87. The molecule has 0 saturated carbocycles. The van der Waals surface area contributed by atoms with Crippen molar-refractivity contribution in [3.63, 3.8) is 0 Å². The number of nitrogens with zero attached hydrogens (tertiary/aromatic N) is 6. The van der Waals surface area contributed by atoms with Crippen molar-refractivity contribution in [1.82, 2.24) is 18.3 Å². The molecule has 0 bridgehead atoms. The summed E-state index contributed by atoms with van der Waals surface area (Å²) < 4.78 is 23.5. The van der Waals surface area contributed by atoms with Crippen molar-refractivity contribution < 1.29 is 8.83 Å². The summed E-state index contributed by atoms with van der Waals surface area (Å²) in [5, 5.41) is 24.6. The van der Waals surface area contributed by atoms with Crippen molar-refractivity contribution in [2.24, 2.45) is 0 Å². The summed E-state index contributed by atoms with van der Waals surface area (Å²) in [5.74, 6) is 0. The van der Waals surface area contributed by atoms with E-state index in [0.717, 1.165) is 142 Å². The molecule has 0 saturated heterocycles. The lowest BCUT2D eigenvalue weighted by atomic mass is 10.0. The van der Waals surface area contributed by atoms with Gasteiger partial charge in [-0.05, 0) is 95.1 Å². The minimum absolute atomic E-state index is 0.175. The zero-order valence-corrected chi connectivity index (χ0v) is 46.9. The van der Waals surface area contributed by atoms with Crippen LogP contribution in [0.15, 0.2) is 276 Å². The molecule has 0 N–H and O–H groups in total. The fourth-order valence-electron chi connectivity index (χ4n) is 14.7. The number of fused-ring (bicyclic) bond motifs is 20. The second-order valence-corrected chi connectivity index (χ2v) is 22.8. The quantitative estimate of drug-likeness (QED) is 0.156. The van der Waals surface area contributed by atoms with Gasteiger partial charge in [0.25, 0.3) is 0 Å². The van der Waals surface area contributed by atoms with E-state index in [1.54, 1.807) is 0 Å². The van der Waals surface area contributed by atoms with Crippen LogP contribution in [0.3, 0.4) is 0 Å². The standard InChI is InChI=1S/C80H44N6O2/c1-82-72-63(46-81)73(85-66-32-16-8-24-51(66)57-38-40-59-55-28-12-18-34-70(55)87-79(59)74(57)85)77(83-64-30-14-10-26-53(64)61-44-49(36-42-68(61)83)47-20-4-2-5-21-47)78(84-65-31-15-11-27-54(65)62-45-50(37-43-69(62)84)48-22-6-3-7-23-48)76(72)86-67-33-17-9-25-52(67)58-39-41-60-56-29-13-19-35-71(56)88-80(60)75(58)86/h2-45H. The summed E-state index contributed by atoms with van der Waals surface area (Å²) in [6.07, 6.45) is 0. The van der Waals surface area contributed by atoms with Crippen molar-refractivity contribution in [2.45, 2.75) is 0 Å². The Morgan fingerprint density at radius 3 is 1.09 bits per heavy atom. The van der Waals surface area contributed by atoms with Crippen LogP contribution < -0.4 is 0 Å². The molecule has 0 radical (unpaired) electrons. The van der Waals surface area contributed by atoms with E-state index in [2.05, 4.69) is 255 Å². The van der Waals surface area contributed by atoms with Gasteiger partial charge in [0.05, 0.1) is 85.1 Å². The Bertz CT molecular complexity index is 5940. The van der Waals surface area contributed by atoms with Gasteiger partial charge >= 0.3 is 0 Å². The monoisotopic (exact) mass is 1120 g/mol. The highest BCUT2D eigenvalue weighted by Crippen LogP contribution is 2.54. The summed E-state index contributed by atoms with van der Waals surface area (Å²) in [7, 11) is 0. The molecule has 19 rings (SSSR count). The lowest BCUT2D eigenvalue weighted by Crippen LogP contribution is -2.15. The maximum absolute atomic E-state index is 12.8. The van der Waals surface area contributed by atoms with Gasteiger partial charge in [0, 0.05) is 64.6 Å². The molecule has 13 aromatic carbocycles. The van der Waals surface area contributed by atoms with Crippen LogP contribution >= 0.6 is 0 Å². The van der Waals surface area contributed by atoms with E-state index in [-0.39, 0.29) is 11.3 Å². The second-order valence-electron chi connectivity index (χ2n) is 22.8. The fraction of sp³-hybridized carbons (Fsp3) is 0. The molecule has 0 aliphatic heterocycles. The van der Waals surface area contributed by atoms with Crippen LogP contribution in [-0.2, 0) is 0 Å². The van der Waals surface area contributed by atoms with Crippen molar-refractivity contribution in [3.05, 3.63) is 284 Å². The van der Waals surface area contributed by atoms with Crippen LogP contribution in [-0.4, -0.2) is 18.3 Å². The van der Waals surface area contributed by atoms with Crippen LogP contribution in [0.5, 0.6) is 0 Å². The number of benzene rings is 13. The van der Waals surface area contributed by atoms with Crippen LogP contribution in [0.2, 0.25) is 0 Å². The number of furan rings is 2. The maximum atomic E-state index is 12.8. The van der Waals surface area contributed by atoms with Crippen LogP contribution in [0, 0.1) is 17.9 Å². The molecule has 6 heterocycles. The van der Waals surface area contributed by atoms with E-state index in [1.807, 2.05) is 36.4 Å². The lowest BCUT2D eigenvalue weighted by Gasteiger charge is -2.28. The van der Waals surface area contributed by atoms with Gasteiger partial charge in [-0.3, -0.25) is 0 Å². The van der Waals surface area contributed by atoms with Crippen molar-refractivity contribution in [1.29, 1.82) is 5.26 Å². The van der Waals surface area contributed by atoms with Crippen molar-refractivity contribution >= 4 is 137 Å². The van der Waals surface area contributed by atoms with E-state index >= 15 is 0 Å². The molecule has 0 amide bonds. The van der Waals surface area contributed by atoms with Gasteiger partial charge < -0.3 is 27.1 Å². The molecule has 0 aliphatic carbocycles. The van der Waals surface area contributed by atoms with Crippen molar-refractivity contribution in [3.8, 4) is 51.1 Å². The highest BCUT2D eigenvalue weighted by Gasteiger charge is 2.36. The summed E-state index contributed by atoms with van der Waals surface area (Å²) in [5.41, 5.74) is 16.9. The van der Waals surface area contributed by atoms with E-state index < -0.39 is 0 Å². The number of para-hydroxylation sites is 6. The molecular formula is C80H44N6O2. The third kappa shape index (κ3) is 6.44. The number of hydrogen-bond donors (Lipinski definition) is 0. The van der Waals surface area contributed by atoms with Gasteiger partial charge in [0.2, 0.25) is 5.69 Å². The fourth-order valence-corrected chi connectivity index (χ4v) is 14.7. The highest BCUT2D eigenvalue weighted by molar-refractivity contribution is 6.25. The predicted molar refractivity (Wildman–Crippen MR) is 360 cm³/mol. The van der Waals surface area contributed by atoms with Gasteiger partial charge in [-0.2, -0.15) is 5.26 Å². The first kappa shape index (κ1) is 48.1. The van der Waals surface area contributed by atoms with E-state index in [4.69, 9.17) is 13.7 Å². The minimum atomic E-state index is 0.175. The Hall–Kier alpha value is -12.4. The molecule has 0 aliphatic rings. The molecule has 6 aromatic heterocycles. The first-order valence-electron chi connectivity index (χ1n) is 29.5. The largest absolute Gasteiger partial charge is 0.454 e. The van der Waals surface area contributed by atoms with Gasteiger partial charge in [0.15, 0.2) is 11.2 Å². The number of hydrogen-bond acceptors (Lipinski definition) is 3. The molecule has 0 unspecified atom stereocenters. The average Bonchev–Trinajstić information content (AvgIpc) is 1.49. The van der Waals surface area contributed by atoms with Gasteiger partial charge in [-0.1, -0.05) is 194 Å². The Balaban J connectivity index is 1.12. The zero-order chi connectivity index (χ0) is 57.9. The lowest BCUT2D eigenvalue weighted by molar-refractivity contribution is 0.670. The second kappa shape index (κ2) is 18.1. The topological polar surface area (TPSA) is 74.2 Å². The van der Waals surface area contributed by atoms with Crippen LogP contribution in [0.1, 0.15) is 5.56 Å². The van der Waals surface area contributed by atoms with Gasteiger partial charge in [-0.25, -0.2) is 4.85 Å². The molecule has 0 spiro atoms. The smallest absolute Gasteiger partial charge is 0.232 e. The minimum Gasteiger partial charge on any atom is -0.454 e. The van der Waals surface area contributed by atoms with Gasteiger partial charge in [-0.15, -0.1) is 0 Å². The molecule has 406 valence electrons. The molecule has 8 nitrogen and oxygen atoms in total. The molecule has 88 heavy (non-hydrogen) atoms. The van der Waals surface area contributed by atoms with E-state index in [1.165, 1.54) is 0 Å². The number of nitriles is 1. The number of rotatable bonds is 6. The molecule has 0 atom stereocenters. The first-order chi connectivity index (χ1) is 43.6. The summed E-state index contributed by atoms with van der Waals surface area (Å²) in [6.45, 7) is 9.93. The Morgan fingerprint density at radius 2 is 0.648 bits per heavy atom.